The van der Waals surface area contributed by atoms with Gasteiger partial charge in [0, 0.05) is 0 Å². The van der Waals surface area contributed by atoms with Gasteiger partial charge in [-0.25, -0.2) is 0 Å². The molecule has 22 heteroatoms. The van der Waals surface area contributed by atoms with E-state index in [-0.39, 0.29) is 20.1 Å². The summed E-state index contributed by atoms with van der Waals surface area (Å²) in [5.41, 5.74) is 0. The van der Waals surface area contributed by atoms with Crippen LogP contribution >= 0.6 is 0 Å². The van der Waals surface area contributed by atoms with Gasteiger partial charge in [-0.05, 0) is 0 Å². The van der Waals surface area contributed by atoms with Crippen molar-refractivity contribution in [3.63, 3.8) is 0 Å². The van der Waals surface area contributed by atoms with Crippen molar-refractivity contribution in [3.05, 3.63) is 0 Å². The SMILES string of the molecule is O=C([O-])[C@H](O)[C@@H](O)[C@H](O)[C@H](O)CO.O=C([O-])[C@H](O)[C@@H](O)[C@H](O)[C@H](O)CO.O=C([O-])[C@H](O)[C@@H](O)[C@H](O)[C@H](O)CO.[Ir+3]. The monoisotopic (exact) mass is 778 g/mol. The van der Waals surface area contributed by atoms with E-state index in [0.717, 1.165) is 0 Å². The number of carbonyl (C=O) groups is 3. The average Bonchev–Trinajstić information content (AvgIpc) is 2.92. The molecule has 15 N–H and O–H groups in total. The fourth-order valence-electron chi connectivity index (χ4n) is 1.99. The van der Waals surface area contributed by atoms with E-state index in [1.54, 1.807) is 0 Å². The Morgan fingerprint density at radius 2 is 0.550 bits per heavy atom. The summed E-state index contributed by atoms with van der Waals surface area (Å²) in [6.07, 6.45) is -24.2. The summed E-state index contributed by atoms with van der Waals surface area (Å²) >= 11 is 0. The molecular formula is C18H33IrO21. The van der Waals surface area contributed by atoms with Crippen molar-refractivity contribution < 1.29 is 126 Å². The number of hydrogen-bond acceptors (Lipinski definition) is 21. The van der Waals surface area contributed by atoms with Gasteiger partial charge in [0.25, 0.3) is 0 Å². The van der Waals surface area contributed by atoms with Crippen LogP contribution in [0.15, 0.2) is 0 Å². The van der Waals surface area contributed by atoms with Crippen LogP contribution in [0.5, 0.6) is 0 Å². The molecule has 0 aromatic carbocycles. The fraction of sp³-hybridized carbons (Fsp3) is 0.833. The van der Waals surface area contributed by atoms with Crippen molar-refractivity contribution in [2.45, 2.75) is 73.2 Å². The van der Waals surface area contributed by atoms with E-state index in [2.05, 4.69) is 0 Å². The van der Waals surface area contributed by atoms with Crippen LogP contribution in [-0.2, 0) is 34.5 Å². The minimum atomic E-state index is -2.31. The molecule has 0 saturated heterocycles. The largest absolute Gasteiger partial charge is 3.00 e. The van der Waals surface area contributed by atoms with Crippen molar-refractivity contribution in [2.24, 2.45) is 0 Å². The van der Waals surface area contributed by atoms with Gasteiger partial charge in [0.1, 0.15) is 73.2 Å². The molecule has 0 rings (SSSR count). The van der Waals surface area contributed by atoms with Gasteiger partial charge in [-0.3, -0.25) is 0 Å². The average molecular weight is 778 g/mol. The maximum atomic E-state index is 9.98. The van der Waals surface area contributed by atoms with E-state index in [0.29, 0.717) is 0 Å². The summed E-state index contributed by atoms with van der Waals surface area (Å²) in [6.45, 7) is -2.59. The Balaban J connectivity index is -0.000000240. The zero-order valence-electron chi connectivity index (χ0n) is 20.0. The standard InChI is InChI=1S/3C6H12O7.Ir/c3*7-1-2(8)3(9)4(10)5(11)6(12)13;/h3*2-5,7-11H,1H2,(H,12,13);/q;;;+3/p-3/t3*2-,3-,4+,5-;/m111./s1. The van der Waals surface area contributed by atoms with Crippen LogP contribution in [0.2, 0.25) is 0 Å². The van der Waals surface area contributed by atoms with Crippen LogP contribution in [0.4, 0.5) is 0 Å². The van der Waals surface area contributed by atoms with Crippen molar-refractivity contribution in [2.75, 3.05) is 19.8 Å². The minimum Gasteiger partial charge on any atom is -0.547 e. The van der Waals surface area contributed by atoms with Gasteiger partial charge in [0.05, 0.1) is 37.7 Å². The molecule has 0 saturated carbocycles. The number of carboxylic acids is 3. The Labute approximate surface area is 237 Å². The predicted octanol–water partition coefficient (Wildman–Crippen LogP) is -14.5. The van der Waals surface area contributed by atoms with Gasteiger partial charge in [0.15, 0.2) is 0 Å². The normalized spacial score (nSPS) is 19.9. The van der Waals surface area contributed by atoms with E-state index in [1.165, 1.54) is 0 Å². The first-order valence-electron chi connectivity index (χ1n) is 10.4. The molecule has 40 heavy (non-hydrogen) atoms. The Morgan fingerprint density at radius 1 is 0.400 bits per heavy atom. The number of rotatable bonds is 15. The fourth-order valence-corrected chi connectivity index (χ4v) is 1.99. The van der Waals surface area contributed by atoms with E-state index in [1.807, 2.05) is 0 Å². The van der Waals surface area contributed by atoms with Crippen LogP contribution < -0.4 is 15.3 Å². The third-order valence-corrected chi connectivity index (χ3v) is 4.49. The third kappa shape index (κ3) is 16.7. The van der Waals surface area contributed by atoms with E-state index < -0.39 is 111 Å². The zero-order chi connectivity index (χ0) is 31.8. The van der Waals surface area contributed by atoms with E-state index in [4.69, 9.17) is 76.6 Å². The number of aliphatic hydroxyl groups is 15. The van der Waals surface area contributed by atoms with Gasteiger partial charge in [-0.2, -0.15) is 0 Å². The van der Waals surface area contributed by atoms with Crippen LogP contribution in [0.3, 0.4) is 0 Å². The predicted molar refractivity (Wildman–Crippen MR) is 108 cm³/mol. The van der Waals surface area contributed by atoms with Crippen LogP contribution in [-0.4, -0.2) is 188 Å². The Morgan fingerprint density at radius 3 is 0.650 bits per heavy atom. The second kappa shape index (κ2) is 23.1. The molecule has 0 bridgehead atoms. The number of carbonyl (C=O) groups excluding carboxylic acids is 3. The van der Waals surface area contributed by atoms with Crippen molar-refractivity contribution in [1.82, 2.24) is 0 Å². The molecule has 0 aromatic rings. The molecule has 0 amide bonds. The summed E-state index contributed by atoms with van der Waals surface area (Å²) in [7, 11) is 0. The van der Waals surface area contributed by atoms with Crippen molar-refractivity contribution >= 4 is 17.9 Å². The first kappa shape index (κ1) is 45.4. The molecule has 240 valence electrons. The maximum Gasteiger partial charge on any atom is 3.00 e. The summed E-state index contributed by atoms with van der Waals surface area (Å²) in [6, 6.07) is 0. The molecule has 0 radical (unpaired) electrons. The molecule has 12 atom stereocenters. The molecule has 0 unspecified atom stereocenters. The molecule has 0 spiro atoms. The molecule has 0 aromatic heterocycles. The zero-order valence-corrected chi connectivity index (χ0v) is 22.4. The minimum absolute atomic E-state index is 0. The first-order valence-corrected chi connectivity index (χ1v) is 10.4. The second-order valence-corrected chi connectivity index (χ2v) is 7.48. The smallest absolute Gasteiger partial charge is 0.547 e. The second-order valence-electron chi connectivity index (χ2n) is 7.48. The van der Waals surface area contributed by atoms with Crippen LogP contribution in [0, 0.1) is 0 Å². The number of aliphatic hydroxyl groups excluding tert-OH is 15. The summed E-state index contributed by atoms with van der Waals surface area (Å²) < 4.78 is 0. The van der Waals surface area contributed by atoms with Gasteiger partial charge in [0.2, 0.25) is 0 Å². The van der Waals surface area contributed by atoms with Crippen molar-refractivity contribution in [3.8, 4) is 0 Å². The molecule has 0 aliphatic heterocycles. The molecule has 0 aliphatic rings. The summed E-state index contributed by atoms with van der Waals surface area (Å²) in [5, 5.41) is 160. The van der Waals surface area contributed by atoms with Crippen LogP contribution in [0.1, 0.15) is 0 Å². The first-order chi connectivity index (χ1) is 17.7. The molecular weight excluding hydrogens is 744 g/mol. The maximum absolute atomic E-state index is 9.98. The van der Waals surface area contributed by atoms with Gasteiger partial charge >= 0.3 is 20.1 Å². The molecule has 0 aliphatic carbocycles. The number of hydrogen-bond donors (Lipinski definition) is 15. The molecule has 0 fully saturated rings. The summed E-state index contributed by atoms with van der Waals surface area (Å²) in [5.74, 6) is -5.93. The van der Waals surface area contributed by atoms with Gasteiger partial charge in [-0.15, -0.1) is 0 Å². The third-order valence-electron chi connectivity index (χ3n) is 4.49. The Bertz CT molecular complexity index is 608. The molecule has 21 nitrogen and oxygen atoms in total. The Kier molecular flexibility index (Phi) is 26.2. The molecule has 0 heterocycles. The van der Waals surface area contributed by atoms with Gasteiger partial charge < -0.3 is 106 Å². The quantitative estimate of drug-likeness (QED) is 0.0734. The van der Waals surface area contributed by atoms with Crippen molar-refractivity contribution in [1.29, 1.82) is 0 Å². The van der Waals surface area contributed by atoms with Gasteiger partial charge in [-0.1, -0.05) is 0 Å². The van der Waals surface area contributed by atoms with E-state index >= 15 is 0 Å². The summed E-state index contributed by atoms with van der Waals surface area (Å²) in [4.78, 5) is 29.9. The topological polar surface area (TPSA) is 424 Å². The number of aliphatic carboxylic acids is 3. The van der Waals surface area contributed by atoms with Crippen LogP contribution in [0.25, 0.3) is 0 Å². The van der Waals surface area contributed by atoms with E-state index in [9.17, 15) is 29.7 Å². The Hall–Kier alpha value is -1.54. The number of carboxylic acid groups (broad SMARTS) is 3.